The molecule has 0 atom stereocenters. The lowest BCUT2D eigenvalue weighted by atomic mass is 10.2. The van der Waals surface area contributed by atoms with Crippen LogP contribution in [0.5, 0.6) is 5.75 Å². The van der Waals surface area contributed by atoms with Crippen molar-refractivity contribution in [3.8, 4) is 5.75 Å². The van der Waals surface area contributed by atoms with Gasteiger partial charge in [0.25, 0.3) is 5.91 Å². The van der Waals surface area contributed by atoms with Gasteiger partial charge in [-0.05, 0) is 37.7 Å². The average molecular weight is 302 g/mol. The van der Waals surface area contributed by atoms with Crippen molar-refractivity contribution in [3.05, 3.63) is 29.6 Å². The third-order valence-corrected chi connectivity index (χ3v) is 3.85. The number of benzene rings is 1. The minimum Gasteiger partial charge on any atom is -0.482 e. The summed E-state index contributed by atoms with van der Waals surface area (Å²) in [6, 6.07) is 5.40. The third kappa shape index (κ3) is 2.92. The molecule has 0 radical (unpaired) electrons. The maximum absolute atomic E-state index is 11.4. The average Bonchev–Trinajstić information content (AvgIpc) is 2.39. The highest BCUT2D eigenvalue weighted by Crippen LogP contribution is 2.38. The summed E-state index contributed by atoms with van der Waals surface area (Å²) in [4.78, 5) is 20.9. The number of fused-ring (bicyclic) bond motifs is 1. The first kappa shape index (κ1) is 13.7. The Morgan fingerprint density at radius 1 is 1.24 bits per heavy atom. The van der Waals surface area contributed by atoms with Gasteiger partial charge in [-0.1, -0.05) is 0 Å². The van der Waals surface area contributed by atoms with E-state index in [1.165, 1.54) is 11.8 Å². The second-order valence-electron chi connectivity index (χ2n) is 4.76. The zero-order valence-corrected chi connectivity index (χ0v) is 12.5. The number of nitrogens with two attached hydrogens (primary N) is 1. The predicted molar refractivity (Wildman–Crippen MR) is 80.6 cm³/mol. The van der Waals surface area contributed by atoms with Crippen LogP contribution >= 0.6 is 11.8 Å². The summed E-state index contributed by atoms with van der Waals surface area (Å²) in [5, 5.41) is 3.39. The molecule has 7 heteroatoms. The van der Waals surface area contributed by atoms with E-state index in [-0.39, 0.29) is 12.5 Å². The Labute approximate surface area is 126 Å². The lowest BCUT2D eigenvalue weighted by Crippen LogP contribution is -2.25. The van der Waals surface area contributed by atoms with Crippen molar-refractivity contribution >= 4 is 29.0 Å². The molecule has 2 aromatic rings. The van der Waals surface area contributed by atoms with E-state index < -0.39 is 0 Å². The van der Waals surface area contributed by atoms with Gasteiger partial charge in [-0.15, -0.1) is 0 Å². The van der Waals surface area contributed by atoms with Gasteiger partial charge in [-0.2, -0.15) is 0 Å². The summed E-state index contributed by atoms with van der Waals surface area (Å²) in [7, 11) is 0. The first-order chi connectivity index (χ1) is 10.0. The molecule has 0 saturated carbocycles. The van der Waals surface area contributed by atoms with Crippen LogP contribution in [0.15, 0.2) is 28.3 Å². The van der Waals surface area contributed by atoms with E-state index in [0.717, 1.165) is 16.3 Å². The number of nitrogens with one attached hydrogen (secondary N) is 1. The molecule has 108 valence electrons. The van der Waals surface area contributed by atoms with Gasteiger partial charge in [0, 0.05) is 28.0 Å². The Morgan fingerprint density at radius 2 is 1.95 bits per heavy atom. The van der Waals surface area contributed by atoms with E-state index in [2.05, 4.69) is 15.3 Å². The molecule has 0 unspecified atom stereocenters. The van der Waals surface area contributed by atoms with Gasteiger partial charge >= 0.3 is 0 Å². The number of nitrogens with zero attached hydrogens (tertiary/aromatic N) is 2. The van der Waals surface area contributed by atoms with Crippen LogP contribution in [-0.2, 0) is 4.79 Å². The minimum atomic E-state index is -0.175. The SMILES string of the molecule is Cc1cc(C)nc(Sc2cc3c(cc2N)OCC(=O)N3)n1. The number of carbonyl (C=O) groups excluding carboxylic acids is 1. The predicted octanol–water partition coefficient (Wildman–Crippen LogP) is 2.16. The number of carbonyl (C=O) groups is 1. The number of rotatable bonds is 2. The van der Waals surface area contributed by atoms with Crippen LogP contribution in [0.3, 0.4) is 0 Å². The van der Waals surface area contributed by atoms with E-state index >= 15 is 0 Å². The molecular formula is C14H14N4O2S. The molecule has 6 nitrogen and oxygen atoms in total. The Kier molecular flexibility index (Phi) is 3.42. The molecule has 1 aliphatic heterocycles. The Bertz CT molecular complexity index is 713. The number of amides is 1. The molecule has 3 N–H and O–H groups in total. The van der Waals surface area contributed by atoms with Crippen LogP contribution in [0.2, 0.25) is 0 Å². The maximum Gasteiger partial charge on any atom is 0.262 e. The summed E-state index contributed by atoms with van der Waals surface area (Å²) >= 11 is 1.36. The zero-order chi connectivity index (χ0) is 15.0. The molecule has 2 heterocycles. The minimum absolute atomic E-state index is 0.0130. The topological polar surface area (TPSA) is 90.1 Å². The van der Waals surface area contributed by atoms with E-state index in [4.69, 9.17) is 10.5 Å². The molecule has 1 amide bonds. The quantitative estimate of drug-likeness (QED) is 0.652. The zero-order valence-electron chi connectivity index (χ0n) is 11.6. The lowest BCUT2D eigenvalue weighted by Gasteiger charge is -2.19. The number of aryl methyl sites for hydroxylation is 2. The van der Waals surface area contributed by atoms with Crippen molar-refractivity contribution in [2.24, 2.45) is 0 Å². The van der Waals surface area contributed by atoms with Crippen molar-refractivity contribution in [1.29, 1.82) is 0 Å². The van der Waals surface area contributed by atoms with Gasteiger partial charge in [0.1, 0.15) is 5.75 Å². The molecule has 21 heavy (non-hydrogen) atoms. The smallest absolute Gasteiger partial charge is 0.262 e. The van der Waals surface area contributed by atoms with Gasteiger partial charge in [0.05, 0.1) is 5.69 Å². The molecule has 0 fully saturated rings. The van der Waals surface area contributed by atoms with E-state index in [1.807, 2.05) is 19.9 Å². The number of nitrogen functional groups attached to an aromatic ring is 1. The number of ether oxygens (including phenoxy) is 1. The van der Waals surface area contributed by atoms with Crippen molar-refractivity contribution < 1.29 is 9.53 Å². The van der Waals surface area contributed by atoms with Gasteiger partial charge < -0.3 is 15.8 Å². The van der Waals surface area contributed by atoms with Crippen LogP contribution in [0.4, 0.5) is 11.4 Å². The van der Waals surface area contributed by atoms with E-state index in [0.29, 0.717) is 22.3 Å². The molecule has 0 bridgehead atoms. The molecule has 0 saturated heterocycles. The first-order valence-corrected chi connectivity index (χ1v) is 7.19. The molecule has 0 aliphatic carbocycles. The van der Waals surface area contributed by atoms with Gasteiger partial charge in [-0.25, -0.2) is 9.97 Å². The fourth-order valence-electron chi connectivity index (χ4n) is 2.05. The summed E-state index contributed by atoms with van der Waals surface area (Å²) < 4.78 is 5.33. The molecule has 3 rings (SSSR count). The molecule has 1 aromatic heterocycles. The first-order valence-electron chi connectivity index (χ1n) is 6.37. The Morgan fingerprint density at radius 3 is 2.67 bits per heavy atom. The highest BCUT2D eigenvalue weighted by molar-refractivity contribution is 7.99. The van der Waals surface area contributed by atoms with E-state index in [9.17, 15) is 4.79 Å². The number of hydrogen-bond acceptors (Lipinski definition) is 6. The second-order valence-corrected chi connectivity index (χ2v) is 5.77. The van der Waals surface area contributed by atoms with Crippen molar-refractivity contribution in [3.63, 3.8) is 0 Å². The standard InChI is InChI=1S/C14H14N4O2S/c1-7-3-8(2)17-14(16-7)21-12-5-10-11(4-9(12)15)20-6-13(19)18-10/h3-5H,6,15H2,1-2H3,(H,18,19). The summed E-state index contributed by atoms with van der Waals surface area (Å²) in [6.07, 6.45) is 0. The molecule has 1 aromatic carbocycles. The Balaban J connectivity index is 1.95. The van der Waals surface area contributed by atoms with Gasteiger partial charge in [0.2, 0.25) is 0 Å². The number of hydrogen-bond donors (Lipinski definition) is 2. The monoisotopic (exact) mass is 302 g/mol. The highest BCUT2D eigenvalue weighted by atomic mass is 32.2. The summed E-state index contributed by atoms with van der Waals surface area (Å²) in [5.41, 5.74) is 9.02. The largest absolute Gasteiger partial charge is 0.482 e. The van der Waals surface area contributed by atoms with Gasteiger partial charge in [0.15, 0.2) is 11.8 Å². The van der Waals surface area contributed by atoms with Crippen LogP contribution in [0, 0.1) is 13.8 Å². The molecular weight excluding hydrogens is 288 g/mol. The highest BCUT2D eigenvalue weighted by Gasteiger charge is 2.18. The maximum atomic E-state index is 11.4. The summed E-state index contributed by atoms with van der Waals surface area (Å²) in [6.45, 7) is 3.85. The van der Waals surface area contributed by atoms with Crippen molar-refractivity contribution in [2.45, 2.75) is 23.9 Å². The lowest BCUT2D eigenvalue weighted by molar-refractivity contribution is -0.118. The van der Waals surface area contributed by atoms with Gasteiger partial charge in [-0.3, -0.25) is 4.79 Å². The van der Waals surface area contributed by atoms with E-state index in [1.54, 1.807) is 12.1 Å². The fraction of sp³-hybridized carbons (Fsp3) is 0.214. The third-order valence-electron chi connectivity index (χ3n) is 2.91. The normalized spacial score (nSPS) is 13.3. The molecule has 0 spiro atoms. The van der Waals surface area contributed by atoms with Crippen molar-refractivity contribution in [2.75, 3.05) is 17.7 Å². The fourth-order valence-corrected chi connectivity index (χ4v) is 2.98. The summed E-state index contributed by atoms with van der Waals surface area (Å²) in [5.74, 6) is 0.406. The van der Waals surface area contributed by atoms with Crippen LogP contribution in [0.25, 0.3) is 0 Å². The van der Waals surface area contributed by atoms with Crippen molar-refractivity contribution in [1.82, 2.24) is 9.97 Å². The van der Waals surface area contributed by atoms with Crippen LogP contribution in [-0.4, -0.2) is 22.5 Å². The number of anilines is 2. The second kappa shape index (κ2) is 5.25. The van der Waals surface area contributed by atoms with Crippen LogP contribution in [0.1, 0.15) is 11.4 Å². The number of aromatic nitrogens is 2. The Hall–Kier alpha value is -2.28. The molecule has 1 aliphatic rings. The van der Waals surface area contributed by atoms with Crippen LogP contribution < -0.4 is 15.8 Å².